The lowest BCUT2D eigenvalue weighted by atomic mass is 10.2. The zero-order valence-electron chi connectivity index (χ0n) is 15.3. The predicted molar refractivity (Wildman–Crippen MR) is 99.5 cm³/mol. The van der Waals surface area contributed by atoms with Crippen LogP contribution in [0.5, 0.6) is 5.75 Å². The van der Waals surface area contributed by atoms with Crippen LogP contribution in [0, 0.1) is 5.82 Å². The maximum absolute atomic E-state index is 12.8. The lowest BCUT2D eigenvalue weighted by Crippen LogP contribution is -2.13. The van der Waals surface area contributed by atoms with Gasteiger partial charge in [0, 0.05) is 18.7 Å². The molecule has 0 fully saturated rings. The second-order valence-electron chi connectivity index (χ2n) is 5.27. The van der Waals surface area contributed by atoms with Gasteiger partial charge in [0.15, 0.2) is 28.6 Å². The van der Waals surface area contributed by atoms with E-state index in [2.05, 4.69) is 19.6 Å². The number of hydrogen-bond donors (Lipinski definition) is 2. The molecule has 2 aromatic heterocycles. The molecule has 1 aromatic carbocycles. The van der Waals surface area contributed by atoms with Crippen molar-refractivity contribution in [2.45, 2.75) is 13.2 Å². The number of carboxylic acid groups (broad SMARTS) is 1. The SMILES string of the molecule is COC(=O)c1cc(C(=O)O)nc2ccnn12.Cl.NCc1ccc(F)c(OC(F)F)c1. The highest BCUT2D eigenvalue weighted by Crippen LogP contribution is 2.20. The van der Waals surface area contributed by atoms with Crippen LogP contribution in [0.4, 0.5) is 13.2 Å². The van der Waals surface area contributed by atoms with Gasteiger partial charge >= 0.3 is 18.6 Å². The van der Waals surface area contributed by atoms with Gasteiger partial charge in [-0.1, -0.05) is 6.07 Å². The second-order valence-corrected chi connectivity index (χ2v) is 5.27. The number of nitrogens with two attached hydrogens (primary N) is 1. The van der Waals surface area contributed by atoms with E-state index in [1.807, 2.05) is 0 Å². The monoisotopic (exact) mass is 448 g/mol. The summed E-state index contributed by atoms with van der Waals surface area (Å²) < 4.78 is 45.9. The highest BCUT2D eigenvalue weighted by molar-refractivity contribution is 5.92. The number of aromatic carboxylic acids is 1. The smallest absolute Gasteiger partial charge is 0.387 e. The number of esters is 1. The molecule has 0 radical (unpaired) electrons. The lowest BCUT2D eigenvalue weighted by Gasteiger charge is -2.06. The average Bonchev–Trinajstić information content (AvgIpc) is 3.17. The number of methoxy groups -OCH3 is 1. The van der Waals surface area contributed by atoms with Gasteiger partial charge in [-0.15, -0.1) is 12.4 Å². The van der Waals surface area contributed by atoms with Crippen LogP contribution in [-0.4, -0.2) is 45.4 Å². The third-order valence-corrected chi connectivity index (χ3v) is 3.42. The molecule has 0 spiro atoms. The van der Waals surface area contributed by atoms with Crippen LogP contribution in [0.25, 0.3) is 5.65 Å². The van der Waals surface area contributed by atoms with Crippen molar-refractivity contribution in [2.24, 2.45) is 5.73 Å². The van der Waals surface area contributed by atoms with E-state index in [1.165, 1.54) is 30.0 Å². The molecular weight excluding hydrogens is 433 g/mol. The van der Waals surface area contributed by atoms with Crippen molar-refractivity contribution in [3.8, 4) is 5.75 Å². The van der Waals surface area contributed by atoms with Crippen LogP contribution in [0.15, 0.2) is 36.5 Å². The van der Waals surface area contributed by atoms with Gasteiger partial charge in [-0.25, -0.2) is 23.5 Å². The Morgan fingerprint density at radius 3 is 2.53 bits per heavy atom. The van der Waals surface area contributed by atoms with Crippen LogP contribution in [-0.2, 0) is 11.3 Å². The summed E-state index contributed by atoms with van der Waals surface area (Å²) in [5.74, 6) is -3.18. The van der Waals surface area contributed by atoms with E-state index >= 15 is 0 Å². The fourth-order valence-electron chi connectivity index (χ4n) is 2.13. The number of rotatable bonds is 5. The molecule has 2 heterocycles. The molecule has 0 aliphatic rings. The molecule has 0 saturated heterocycles. The number of hydrogen-bond acceptors (Lipinski definition) is 7. The van der Waals surface area contributed by atoms with Gasteiger partial charge in [0.1, 0.15) is 0 Å². The Bertz CT molecular complexity index is 1030. The summed E-state index contributed by atoms with van der Waals surface area (Å²) in [6.07, 6.45) is 1.42. The summed E-state index contributed by atoms with van der Waals surface area (Å²) in [6, 6.07) is 6.22. The first-order valence-electron chi connectivity index (χ1n) is 7.86. The third-order valence-electron chi connectivity index (χ3n) is 3.42. The van der Waals surface area contributed by atoms with Gasteiger partial charge in [0.25, 0.3) is 0 Å². The highest BCUT2D eigenvalue weighted by atomic mass is 35.5. The number of carbonyl (C=O) groups excluding carboxylic acids is 1. The zero-order chi connectivity index (χ0) is 21.6. The van der Waals surface area contributed by atoms with Gasteiger partial charge in [-0.05, 0) is 17.7 Å². The summed E-state index contributed by atoms with van der Waals surface area (Å²) in [6.45, 7) is -2.87. The Labute approximate surface area is 173 Å². The van der Waals surface area contributed by atoms with Gasteiger partial charge in [-0.3, -0.25) is 0 Å². The average molecular weight is 449 g/mol. The van der Waals surface area contributed by atoms with E-state index < -0.39 is 30.1 Å². The quantitative estimate of drug-likeness (QED) is 0.570. The van der Waals surface area contributed by atoms with Crippen molar-refractivity contribution < 1.29 is 37.3 Å². The molecule has 0 atom stereocenters. The maximum atomic E-state index is 12.8. The number of halogens is 4. The van der Waals surface area contributed by atoms with E-state index in [0.717, 1.165) is 18.2 Å². The summed E-state index contributed by atoms with van der Waals surface area (Å²) in [7, 11) is 1.21. The number of fused-ring (bicyclic) bond motifs is 1. The van der Waals surface area contributed by atoms with Crippen molar-refractivity contribution in [1.82, 2.24) is 14.6 Å². The summed E-state index contributed by atoms with van der Waals surface area (Å²) >= 11 is 0. The summed E-state index contributed by atoms with van der Waals surface area (Å²) in [5.41, 5.74) is 5.85. The largest absolute Gasteiger partial charge is 0.477 e. The Kier molecular flexibility index (Phi) is 9.02. The molecule has 3 N–H and O–H groups in total. The predicted octanol–water partition coefficient (Wildman–Crippen LogP) is 2.52. The van der Waals surface area contributed by atoms with Crippen LogP contribution in [0.3, 0.4) is 0 Å². The van der Waals surface area contributed by atoms with Crippen molar-refractivity contribution in [1.29, 1.82) is 0 Å². The van der Waals surface area contributed by atoms with Crippen LogP contribution in [0.2, 0.25) is 0 Å². The molecule has 0 saturated carbocycles. The summed E-state index contributed by atoms with van der Waals surface area (Å²) in [5, 5.41) is 12.7. The number of carbonyl (C=O) groups is 2. The molecule has 3 rings (SSSR count). The second kappa shape index (κ2) is 11.0. The summed E-state index contributed by atoms with van der Waals surface area (Å²) in [4.78, 5) is 26.0. The van der Waals surface area contributed by atoms with E-state index in [9.17, 15) is 22.8 Å². The molecule has 13 heteroatoms. The Morgan fingerprint density at radius 2 is 1.97 bits per heavy atom. The molecule has 0 bridgehead atoms. The number of ether oxygens (including phenoxy) is 2. The number of carboxylic acids is 1. The molecule has 162 valence electrons. The molecule has 3 aromatic rings. The number of nitrogens with zero attached hydrogens (tertiary/aromatic N) is 3. The number of benzene rings is 1. The number of alkyl halides is 2. The first-order valence-corrected chi connectivity index (χ1v) is 7.86. The molecule has 0 aliphatic heterocycles. The maximum Gasteiger partial charge on any atom is 0.387 e. The topological polar surface area (TPSA) is 129 Å². The minimum Gasteiger partial charge on any atom is -0.477 e. The Morgan fingerprint density at radius 1 is 1.27 bits per heavy atom. The zero-order valence-corrected chi connectivity index (χ0v) is 16.1. The van der Waals surface area contributed by atoms with Crippen molar-refractivity contribution in [3.05, 3.63) is 59.3 Å². The van der Waals surface area contributed by atoms with E-state index in [1.54, 1.807) is 0 Å². The number of aromatic nitrogens is 3. The van der Waals surface area contributed by atoms with Crippen molar-refractivity contribution >= 4 is 30.0 Å². The normalized spacial score (nSPS) is 10.1. The van der Waals surface area contributed by atoms with Gasteiger partial charge in [0.2, 0.25) is 0 Å². The fraction of sp³-hybridized carbons (Fsp3) is 0.176. The Balaban J connectivity index is 0.000000297. The van der Waals surface area contributed by atoms with E-state index in [4.69, 9.17) is 10.8 Å². The molecule has 0 amide bonds. The van der Waals surface area contributed by atoms with Gasteiger partial charge in [-0.2, -0.15) is 13.9 Å². The first-order chi connectivity index (χ1) is 13.8. The Hall–Kier alpha value is -3.38. The third kappa shape index (κ3) is 6.06. The van der Waals surface area contributed by atoms with Crippen LogP contribution in [0.1, 0.15) is 26.5 Å². The first kappa shape index (κ1) is 24.7. The van der Waals surface area contributed by atoms with Gasteiger partial charge in [0.05, 0.1) is 13.3 Å². The molecule has 0 aliphatic carbocycles. The standard InChI is InChI=1S/C9H7N3O4.C8H8F3NO.ClH/c1-16-9(15)6-4-5(8(13)14)11-7-2-3-10-12(6)7;9-6-2-1-5(4-12)3-7(6)13-8(10)11;/h2-4H,1H3,(H,13,14);1-3,8H,4,12H2;1H. The minimum absolute atomic E-state index is 0. The molecular formula is C17H16ClF3N4O5. The van der Waals surface area contributed by atoms with Crippen LogP contribution >= 0.6 is 12.4 Å². The van der Waals surface area contributed by atoms with Crippen LogP contribution < -0.4 is 10.5 Å². The fourth-order valence-corrected chi connectivity index (χ4v) is 2.13. The minimum atomic E-state index is -3.03. The van der Waals surface area contributed by atoms with Crippen molar-refractivity contribution in [2.75, 3.05) is 7.11 Å². The lowest BCUT2D eigenvalue weighted by molar-refractivity contribution is -0.0522. The van der Waals surface area contributed by atoms with E-state index in [0.29, 0.717) is 5.56 Å². The van der Waals surface area contributed by atoms with E-state index in [-0.39, 0.29) is 36.0 Å². The van der Waals surface area contributed by atoms with Gasteiger partial charge < -0.3 is 20.3 Å². The van der Waals surface area contributed by atoms with Crippen molar-refractivity contribution in [3.63, 3.8) is 0 Å². The molecule has 9 nitrogen and oxygen atoms in total. The molecule has 0 unspecified atom stereocenters. The highest BCUT2D eigenvalue weighted by Gasteiger charge is 2.17. The molecule has 30 heavy (non-hydrogen) atoms.